The van der Waals surface area contributed by atoms with Crippen molar-refractivity contribution in [1.29, 1.82) is 0 Å². The second kappa shape index (κ2) is 5.60. The molecular formula is C14H12O3S. The van der Waals surface area contributed by atoms with Gasteiger partial charge in [-0.3, -0.25) is 4.79 Å². The van der Waals surface area contributed by atoms with E-state index in [1.165, 1.54) is 18.4 Å². The summed E-state index contributed by atoms with van der Waals surface area (Å²) in [7, 11) is 1.28. The molecule has 1 atom stereocenters. The normalized spacial score (nSPS) is 11.8. The van der Waals surface area contributed by atoms with Gasteiger partial charge in [0.2, 0.25) is 0 Å². The summed E-state index contributed by atoms with van der Waals surface area (Å²) in [6, 6.07) is 11.7. The van der Waals surface area contributed by atoms with E-state index in [1.807, 2.05) is 41.8 Å². The molecule has 0 spiro atoms. The van der Waals surface area contributed by atoms with Gasteiger partial charge >= 0.3 is 5.97 Å². The number of esters is 1. The summed E-state index contributed by atoms with van der Waals surface area (Å²) < 4.78 is 4.61. The highest BCUT2D eigenvalue weighted by atomic mass is 32.1. The smallest absolute Gasteiger partial charge is 0.321 e. The van der Waals surface area contributed by atoms with Gasteiger partial charge in [0.1, 0.15) is 12.2 Å². The van der Waals surface area contributed by atoms with Crippen LogP contribution < -0.4 is 0 Å². The van der Waals surface area contributed by atoms with Crippen LogP contribution in [-0.4, -0.2) is 19.4 Å². The van der Waals surface area contributed by atoms with Crippen molar-refractivity contribution in [3.63, 3.8) is 0 Å². The van der Waals surface area contributed by atoms with E-state index in [1.54, 1.807) is 0 Å². The molecule has 18 heavy (non-hydrogen) atoms. The first-order valence-electron chi connectivity index (χ1n) is 5.43. The first-order chi connectivity index (χ1) is 8.76. The highest BCUT2D eigenvalue weighted by Gasteiger charge is 2.22. The van der Waals surface area contributed by atoms with Crippen LogP contribution >= 0.6 is 11.3 Å². The summed E-state index contributed by atoms with van der Waals surface area (Å²) in [4.78, 5) is 23.1. The largest absolute Gasteiger partial charge is 0.468 e. The SMILES string of the molecule is COC(=O)C(C=O)c1cc(-c2ccccc2)cs1. The van der Waals surface area contributed by atoms with Gasteiger partial charge in [-0.25, -0.2) is 0 Å². The Morgan fingerprint density at radius 3 is 2.61 bits per heavy atom. The van der Waals surface area contributed by atoms with Crippen LogP contribution in [0.1, 0.15) is 10.8 Å². The fraction of sp³-hybridized carbons (Fsp3) is 0.143. The zero-order valence-electron chi connectivity index (χ0n) is 9.83. The van der Waals surface area contributed by atoms with E-state index in [4.69, 9.17) is 0 Å². The van der Waals surface area contributed by atoms with Crippen LogP contribution in [0.25, 0.3) is 11.1 Å². The van der Waals surface area contributed by atoms with E-state index in [0.717, 1.165) is 11.1 Å². The van der Waals surface area contributed by atoms with Gasteiger partial charge in [0.15, 0.2) is 0 Å². The molecule has 0 saturated heterocycles. The Balaban J connectivity index is 2.30. The lowest BCUT2D eigenvalue weighted by molar-refractivity contribution is -0.143. The van der Waals surface area contributed by atoms with Gasteiger partial charge in [-0.1, -0.05) is 30.3 Å². The monoisotopic (exact) mass is 260 g/mol. The number of benzene rings is 1. The zero-order chi connectivity index (χ0) is 13.0. The van der Waals surface area contributed by atoms with Crippen LogP contribution in [0.3, 0.4) is 0 Å². The first kappa shape index (κ1) is 12.5. The third-order valence-electron chi connectivity index (χ3n) is 2.62. The van der Waals surface area contributed by atoms with E-state index in [9.17, 15) is 9.59 Å². The van der Waals surface area contributed by atoms with E-state index >= 15 is 0 Å². The number of carbonyl (C=O) groups is 2. The third kappa shape index (κ3) is 2.49. The number of carbonyl (C=O) groups excluding carboxylic acids is 2. The minimum atomic E-state index is -0.822. The van der Waals surface area contributed by atoms with Gasteiger partial charge in [-0.2, -0.15) is 0 Å². The van der Waals surface area contributed by atoms with Crippen molar-refractivity contribution >= 4 is 23.6 Å². The number of aldehydes is 1. The molecule has 0 aliphatic heterocycles. The second-order valence-corrected chi connectivity index (χ2v) is 4.68. The summed E-state index contributed by atoms with van der Waals surface area (Å²) in [5.74, 6) is -1.34. The van der Waals surface area contributed by atoms with Gasteiger partial charge < -0.3 is 9.53 Å². The minimum Gasteiger partial charge on any atom is -0.468 e. The van der Waals surface area contributed by atoms with Gasteiger partial charge in [-0.15, -0.1) is 11.3 Å². The van der Waals surface area contributed by atoms with E-state index in [2.05, 4.69) is 4.74 Å². The summed E-state index contributed by atoms with van der Waals surface area (Å²) in [6.07, 6.45) is 0.618. The molecule has 2 rings (SSSR count). The van der Waals surface area contributed by atoms with Crippen molar-refractivity contribution in [3.8, 4) is 11.1 Å². The van der Waals surface area contributed by atoms with Gasteiger partial charge in [0, 0.05) is 4.88 Å². The maximum absolute atomic E-state index is 11.4. The molecule has 0 N–H and O–H groups in total. The molecule has 3 nitrogen and oxygen atoms in total. The molecule has 1 heterocycles. The number of methoxy groups -OCH3 is 1. The lowest BCUT2D eigenvalue weighted by Gasteiger charge is -2.04. The van der Waals surface area contributed by atoms with Crippen molar-refractivity contribution in [2.75, 3.05) is 7.11 Å². The number of hydrogen-bond acceptors (Lipinski definition) is 4. The molecule has 1 aromatic carbocycles. The Hall–Kier alpha value is -1.94. The minimum absolute atomic E-state index is 0.522. The van der Waals surface area contributed by atoms with Gasteiger partial charge in [0.05, 0.1) is 7.11 Å². The zero-order valence-corrected chi connectivity index (χ0v) is 10.6. The molecule has 4 heteroatoms. The maximum Gasteiger partial charge on any atom is 0.321 e. The lowest BCUT2D eigenvalue weighted by Crippen LogP contribution is -2.14. The molecule has 0 saturated carbocycles. The van der Waals surface area contributed by atoms with Gasteiger partial charge in [0.25, 0.3) is 0 Å². The molecule has 2 aromatic rings. The molecule has 0 amide bonds. The average molecular weight is 260 g/mol. The Morgan fingerprint density at radius 1 is 1.28 bits per heavy atom. The quantitative estimate of drug-likeness (QED) is 0.482. The molecule has 0 aliphatic rings. The molecule has 92 valence electrons. The van der Waals surface area contributed by atoms with Crippen molar-refractivity contribution in [1.82, 2.24) is 0 Å². The number of hydrogen-bond donors (Lipinski definition) is 0. The first-order valence-corrected chi connectivity index (χ1v) is 6.31. The summed E-state index contributed by atoms with van der Waals surface area (Å²) in [6.45, 7) is 0. The third-order valence-corrected chi connectivity index (χ3v) is 3.64. The number of thiophene rings is 1. The van der Waals surface area contributed by atoms with E-state index in [0.29, 0.717) is 11.2 Å². The predicted octanol–water partition coefficient (Wildman–Crippen LogP) is 2.87. The molecule has 0 radical (unpaired) electrons. The molecule has 0 fully saturated rings. The van der Waals surface area contributed by atoms with Crippen LogP contribution in [-0.2, 0) is 14.3 Å². The predicted molar refractivity (Wildman–Crippen MR) is 70.6 cm³/mol. The van der Waals surface area contributed by atoms with Crippen LogP contribution in [0, 0.1) is 0 Å². The molecule has 0 aliphatic carbocycles. The van der Waals surface area contributed by atoms with Crippen LogP contribution in [0.4, 0.5) is 0 Å². The maximum atomic E-state index is 11.4. The Morgan fingerprint density at radius 2 is 2.00 bits per heavy atom. The van der Waals surface area contributed by atoms with Crippen molar-refractivity contribution in [3.05, 3.63) is 46.7 Å². The molecular weight excluding hydrogens is 248 g/mol. The fourth-order valence-electron chi connectivity index (χ4n) is 1.66. The van der Waals surface area contributed by atoms with Crippen LogP contribution in [0.2, 0.25) is 0 Å². The number of rotatable bonds is 4. The highest BCUT2D eigenvalue weighted by Crippen LogP contribution is 2.30. The van der Waals surface area contributed by atoms with Crippen molar-refractivity contribution in [2.24, 2.45) is 0 Å². The topological polar surface area (TPSA) is 43.4 Å². The fourth-order valence-corrected chi connectivity index (χ4v) is 2.62. The lowest BCUT2D eigenvalue weighted by atomic mass is 10.1. The van der Waals surface area contributed by atoms with E-state index in [-0.39, 0.29) is 0 Å². The van der Waals surface area contributed by atoms with Crippen molar-refractivity contribution < 1.29 is 14.3 Å². The van der Waals surface area contributed by atoms with Gasteiger partial charge in [-0.05, 0) is 22.6 Å². The van der Waals surface area contributed by atoms with E-state index < -0.39 is 11.9 Å². The molecule has 1 unspecified atom stereocenters. The van der Waals surface area contributed by atoms with Crippen LogP contribution in [0.5, 0.6) is 0 Å². The van der Waals surface area contributed by atoms with Crippen LogP contribution in [0.15, 0.2) is 41.8 Å². The average Bonchev–Trinajstić information content (AvgIpc) is 2.90. The summed E-state index contributed by atoms with van der Waals surface area (Å²) in [5.41, 5.74) is 2.07. The Bertz CT molecular complexity index is 545. The summed E-state index contributed by atoms with van der Waals surface area (Å²) >= 11 is 1.39. The molecule has 1 aromatic heterocycles. The highest BCUT2D eigenvalue weighted by molar-refractivity contribution is 7.10. The second-order valence-electron chi connectivity index (χ2n) is 3.74. The Labute approximate surface area is 109 Å². The summed E-state index contributed by atoms with van der Waals surface area (Å²) in [5, 5.41) is 1.93. The number of ether oxygens (including phenoxy) is 1. The van der Waals surface area contributed by atoms with Crippen molar-refractivity contribution in [2.45, 2.75) is 5.92 Å². The Kier molecular flexibility index (Phi) is 3.89. The molecule has 0 bridgehead atoms. The standard InChI is InChI=1S/C14H12O3S/c1-17-14(16)12(8-15)13-7-11(9-18-13)10-5-3-2-4-6-10/h2-9,12H,1H3.